The third kappa shape index (κ3) is 4.63. The van der Waals surface area contributed by atoms with E-state index in [-0.39, 0.29) is 13.1 Å². The highest BCUT2D eigenvalue weighted by atomic mass is 32.2. The third-order valence-electron chi connectivity index (χ3n) is 4.72. The van der Waals surface area contributed by atoms with Crippen LogP contribution in [0, 0.1) is 11.6 Å². The maximum atomic E-state index is 13.9. The lowest BCUT2D eigenvalue weighted by Gasteiger charge is -2.34. The second-order valence-corrected chi connectivity index (χ2v) is 8.32. The van der Waals surface area contributed by atoms with E-state index in [1.807, 2.05) is 24.3 Å². The van der Waals surface area contributed by atoms with Crippen molar-refractivity contribution in [3.8, 4) is 5.75 Å². The number of halogens is 2. The molecule has 0 aromatic heterocycles. The first kappa shape index (κ1) is 19.7. The molecule has 8 heteroatoms. The van der Waals surface area contributed by atoms with Crippen LogP contribution in [0.1, 0.15) is 5.56 Å². The Morgan fingerprint density at radius 1 is 1.00 bits per heavy atom. The highest BCUT2D eigenvalue weighted by molar-refractivity contribution is 7.89. The Kier molecular flexibility index (Phi) is 6.08. The van der Waals surface area contributed by atoms with Crippen LogP contribution in [0.3, 0.4) is 0 Å². The first-order chi connectivity index (χ1) is 12.9. The molecule has 0 bridgehead atoms. The minimum absolute atomic E-state index is 0.280. The van der Waals surface area contributed by atoms with Gasteiger partial charge in [-0.2, -0.15) is 4.31 Å². The van der Waals surface area contributed by atoms with E-state index in [9.17, 15) is 17.2 Å². The largest absolute Gasteiger partial charge is 0.497 e. The van der Waals surface area contributed by atoms with Crippen molar-refractivity contribution in [1.29, 1.82) is 0 Å². The molecule has 0 aliphatic carbocycles. The Morgan fingerprint density at radius 2 is 1.67 bits per heavy atom. The molecule has 1 heterocycles. The molecule has 27 heavy (non-hydrogen) atoms. The van der Waals surface area contributed by atoms with Crippen LogP contribution in [-0.4, -0.2) is 57.5 Å². The van der Waals surface area contributed by atoms with Gasteiger partial charge in [0, 0.05) is 38.8 Å². The van der Waals surface area contributed by atoms with Gasteiger partial charge in [-0.15, -0.1) is 0 Å². The van der Waals surface area contributed by atoms with Gasteiger partial charge in [0.25, 0.3) is 0 Å². The molecule has 0 radical (unpaired) electrons. The van der Waals surface area contributed by atoms with Crippen molar-refractivity contribution in [1.82, 2.24) is 9.21 Å². The first-order valence-corrected chi connectivity index (χ1v) is 10.1. The highest BCUT2D eigenvalue weighted by Crippen LogP contribution is 2.21. The summed E-state index contributed by atoms with van der Waals surface area (Å²) in [7, 11) is -2.33. The van der Waals surface area contributed by atoms with Crippen LogP contribution in [0.25, 0.3) is 0 Å². The number of methoxy groups -OCH3 is 1. The van der Waals surface area contributed by atoms with Crippen LogP contribution in [-0.2, 0) is 16.4 Å². The summed E-state index contributed by atoms with van der Waals surface area (Å²) < 4.78 is 58.5. The minimum atomic E-state index is -3.96. The molecule has 1 saturated heterocycles. The van der Waals surface area contributed by atoms with Gasteiger partial charge >= 0.3 is 0 Å². The number of hydrogen-bond acceptors (Lipinski definition) is 4. The fourth-order valence-electron chi connectivity index (χ4n) is 3.10. The lowest BCUT2D eigenvalue weighted by Crippen LogP contribution is -2.49. The summed E-state index contributed by atoms with van der Waals surface area (Å²) >= 11 is 0. The molecule has 5 nitrogen and oxygen atoms in total. The Morgan fingerprint density at radius 3 is 2.26 bits per heavy atom. The van der Waals surface area contributed by atoms with Gasteiger partial charge < -0.3 is 9.64 Å². The van der Waals surface area contributed by atoms with Crippen molar-refractivity contribution in [2.45, 2.75) is 11.3 Å². The van der Waals surface area contributed by atoms with E-state index in [1.54, 1.807) is 7.11 Å². The monoisotopic (exact) mass is 396 g/mol. The molecular weight excluding hydrogens is 374 g/mol. The van der Waals surface area contributed by atoms with Gasteiger partial charge in [-0.25, -0.2) is 17.2 Å². The zero-order chi connectivity index (χ0) is 19.4. The topological polar surface area (TPSA) is 49.9 Å². The molecule has 0 unspecified atom stereocenters. The average molecular weight is 396 g/mol. The van der Waals surface area contributed by atoms with Gasteiger partial charge in [-0.05, 0) is 36.2 Å². The number of benzene rings is 2. The molecule has 3 rings (SSSR count). The van der Waals surface area contributed by atoms with Crippen molar-refractivity contribution < 1.29 is 21.9 Å². The smallest absolute Gasteiger partial charge is 0.246 e. The molecule has 1 fully saturated rings. The predicted octanol–water partition coefficient (Wildman–Crippen LogP) is 2.52. The Balaban J connectivity index is 1.56. The number of rotatable bonds is 6. The average Bonchev–Trinajstić information content (AvgIpc) is 2.67. The van der Waals surface area contributed by atoms with Crippen LogP contribution < -0.4 is 4.74 Å². The number of piperazine rings is 1. The molecule has 0 saturated carbocycles. The van der Waals surface area contributed by atoms with Crippen LogP contribution >= 0.6 is 0 Å². The summed E-state index contributed by atoms with van der Waals surface area (Å²) in [4.78, 5) is 1.70. The molecular formula is C19H22F2N2O3S. The molecule has 146 valence electrons. The van der Waals surface area contributed by atoms with Gasteiger partial charge in [-0.3, -0.25) is 0 Å². The molecule has 0 N–H and O–H groups in total. The Labute approximate surface area is 158 Å². The second kappa shape index (κ2) is 8.33. The van der Waals surface area contributed by atoms with Crippen LogP contribution in [0.2, 0.25) is 0 Å². The molecule has 0 spiro atoms. The van der Waals surface area contributed by atoms with Crippen molar-refractivity contribution in [3.63, 3.8) is 0 Å². The fourth-order valence-corrected chi connectivity index (χ4v) is 4.56. The van der Waals surface area contributed by atoms with E-state index in [1.165, 1.54) is 9.87 Å². The fraction of sp³-hybridized carbons (Fsp3) is 0.368. The van der Waals surface area contributed by atoms with E-state index >= 15 is 0 Å². The van der Waals surface area contributed by atoms with Crippen LogP contribution in [0.15, 0.2) is 47.4 Å². The Bertz CT molecular complexity index is 880. The SMILES string of the molecule is COc1ccc(CCN2CCN(S(=O)(=O)c3ccc(F)cc3F)CC2)cc1. The maximum Gasteiger partial charge on any atom is 0.246 e. The van der Waals surface area contributed by atoms with Gasteiger partial charge in [0.15, 0.2) is 0 Å². The van der Waals surface area contributed by atoms with Crippen molar-refractivity contribution in [2.24, 2.45) is 0 Å². The number of hydrogen-bond donors (Lipinski definition) is 0. The van der Waals surface area contributed by atoms with E-state index in [2.05, 4.69) is 4.90 Å². The molecule has 1 aliphatic heterocycles. The summed E-state index contributed by atoms with van der Waals surface area (Å²) in [6, 6.07) is 10.4. The van der Waals surface area contributed by atoms with Crippen LogP contribution in [0.5, 0.6) is 5.75 Å². The van der Waals surface area contributed by atoms with Crippen LogP contribution in [0.4, 0.5) is 8.78 Å². The quantitative estimate of drug-likeness (QED) is 0.753. The second-order valence-electron chi connectivity index (χ2n) is 6.42. The van der Waals surface area contributed by atoms with Gasteiger partial charge in [0.1, 0.15) is 22.3 Å². The van der Waals surface area contributed by atoms with Gasteiger partial charge in [-0.1, -0.05) is 12.1 Å². The molecule has 2 aromatic rings. The summed E-state index contributed by atoms with van der Waals surface area (Å²) in [6.07, 6.45) is 0.851. The first-order valence-electron chi connectivity index (χ1n) is 8.70. The Hall–Kier alpha value is -2.03. The lowest BCUT2D eigenvalue weighted by atomic mass is 10.1. The van der Waals surface area contributed by atoms with Crippen molar-refractivity contribution >= 4 is 10.0 Å². The third-order valence-corrected chi connectivity index (χ3v) is 6.65. The van der Waals surface area contributed by atoms with E-state index in [0.717, 1.165) is 30.8 Å². The maximum absolute atomic E-state index is 13.9. The summed E-state index contributed by atoms with van der Waals surface area (Å²) in [5, 5.41) is 0. The summed E-state index contributed by atoms with van der Waals surface area (Å²) in [6.45, 7) is 2.51. The molecule has 0 atom stereocenters. The predicted molar refractivity (Wildman–Crippen MR) is 98.3 cm³/mol. The molecule has 0 amide bonds. The number of ether oxygens (including phenoxy) is 1. The van der Waals surface area contributed by atoms with E-state index in [0.29, 0.717) is 19.2 Å². The summed E-state index contributed by atoms with van der Waals surface area (Å²) in [5.41, 5.74) is 1.18. The van der Waals surface area contributed by atoms with Crippen molar-refractivity contribution in [2.75, 3.05) is 39.8 Å². The highest BCUT2D eigenvalue weighted by Gasteiger charge is 2.30. The zero-order valence-electron chi connectivity index (χ0n) is 15.1. The molecule has 2 aromatic carbocycles. The minimum Gasteiger partial charge on any atom is -0.497 e. The number of nitrogens with zero attached hydrogens (tertiary/aromatic N) is 2. The van der Waals surface area contributed by atoms with E-state index < -0.39 is 26.6 Å². The zero-order valence-corrected chi connectivity index (χ0v) is 15.9. The standard InChI is InChI=1S/C19H22F2N2O3S/c1-26-17-5-2-15(3-6-17)8-9-22-10-12-23(13-11-22)27(24,25)19-7-4-16(20)14-18(19)21/h2-7,14H,8-13H2,1H3. The van der Waals surface area contributed by atoms with Gasteiger partial charge in [0.2, 0.25) is 10.0 Å². The lowest BCUT2D eigenvalue weighted by molar-refractivity contribution is 0.190. The van der Waals surface area contributed by atoms with Gasteiger partial charge in [0.05, 0.1) is 7.11 Å². The molecule has 1 aliphatic rings. The van der Waals surface area contributed by atoms with E-state index in [4.69, 9.17) is 4.74 Å². The normalized spacial score (nSPS) is 16.4. The van der Waals surface area contributed by atoms with Crippen molar-refractivity contribution in [3.05, 3.63) is 59.7 Å². The summed E-state index contributed by atoms with van der Waals surface area (Å²) in [5.74, 6) is -1.04. The number of sulfonamides is 1.